The molecule has 2 aliphatic heterocycles. The predicted octanol–water partition coefficient (Wildman–Crippen LogP) is 5.30. The summed E-state index contributed by atoms with van der Waals surface area (Å²) in [5.41, 5.74) is 14.2. The van der Waals surface area contributed by atoms with Gasteiger partial charge in [0.1, 0.15) is 6.04 Å². The Morgan fingerprint density at radius 3 is 1.61 bits per heavy atom. The molecule has 2 aliphatic rings. The van der Waals surface area contributed by atoms with Crippen molar-refractivity contribution in [3.63, 3.8) is 0 Å². The smallest absolute Gasteiger partial charge is 0.320 e. The van der Waals surface area contributed by atoms with Crippen LogP contribution in [0.5, 0.6) is 0 Å². The molecule has 4 aromatic rings. The summed E-state index contributed by atoms with van der Waals surface area (Å²) in [6, 6.07) is 24.9. The summed E-state index contributed by atoms with van der Waals surface area (Å²) in [6.45, 7) is 0. The maximum atomic E-state index is 10.4. The Hall–Kier alpha value is -4.75. The van der Waals surface area contributed by atoms with Gasteiger partial charge in [0.15, 0.2) is 0 Å². The number of nitrogens with zero attached hydrogens (tertiary/aromatic N) is 2. The number of rotatable bonds is 3. The van der Waals surface area contributed by atoms with Crippen molar-refractivity contribution < 1.29 is 9.90 Å². The largest absolute Gasteiger partial charge is 0.480 e. The van der Waals surface area contributed by atoms with Crippen LogP contribution in [-0.4, -0.2) is 37.1 Å². The van der Waals surface area contributed by atoms with Gasteiger partial charge in [0, 0.05) is 22.1 Å². The lowest BCUT2D eigenvalue weighted by molar-refractivity contribution is -0.138. The van der Waals surface area contributed by atoms with Crippen molar-refractivity contribution in [3.05, 3.63) is 107 Å². The van der Waals surface area contributed by atoms with Crippen LogP contribution in [0, 0.1) is 0 Å². The molecular formula is C29H25N5O2. The molecule has 5 heterocycles. The Bertz CT molecular complexity index is 1520. The van der Waals surface area contributed by atoms with Crippen LogP contribution in [0.4, 0.5) is 0 Å². The van der Waals surface area contributed by atoms with Gasteiger partial charge in [0.05, 0.1) is 22.8 Å². The van der Waals surface area contributed by atoms with Gasteiger partial charge in [-0.3, -0.25) is 4.79 Å². The fourth-order valence-electron chi connectivity index (χ4n) is 3.90. The molecule has 0 aliphatic carbocycles. The van der Waals surface area contributed by atoms with Gasteiger partial charge in [-0.15, -0.1) is 0 Å². The first-order valence-electron chi connectivity index (χ1n) is 11.6. The summed E-state index contributed by atoms with van der Waals surface area (Å²) in [7, 11) is 0. The Kier molecular flexibility index (Phi) is 6.55. The first-order chi connectivity index (χ1) is 17.5. The molecule has 8 bridgehead atoms. The standard InChI is InChI=1S/C20H14N4.C9H11NO2/c1-2-14-10-16-5-6-18(23-16)12-20-8-7-19(24-20)11-17-4-3-15(22-17)9-13(1)21-14;10-8(9(11)12)6-7-4-2-1-3-5-7/h1-12,21-22H;1-5,8H,6,10H2,(H,11,12)/t;8-/m.0/s1. The van der Waals surface area contributed by atoms with E-state index in [1.807, 2.05) is 72.8 Å². The van der Waals surface area contributed by atoms with Gasteiger partial charge in [-0.2, -0.15) is 0 Å². The average Bonchev–Trinajstić information content (AvgIpc) is 3.66. The summed E-state index contributed by atoms with van der Waals surface area (Å²) >= 11 is 0. The summed E-state index contributed by atoms with van der Waals surface area (Å²) in [6.07, 6.45) is 8.43. The van der Waals surface area contributed by atoms with Crippen LogP contribution >= 0.6 is 0 Å². The van der Waals surface area contributed by atoms with Gasteiger partial charge in [0.25, 0.3) is 0 Å². The van der Waals surface area contributed by atoms with Crippen LogP contribution in [0.2, 0.25) is 0 Å². The lowest BCUT2D eigenvalue weighted by Crippen LogP contribution is -2.32. The number of fused-ring (bicyclic) bond motifs is 8. The number of aliphatic carboxylic acids is 1. The monoisotopic (exact) mass is 475 g/mol. The first-order valence-corrected chi connectivity index (χ1v) is 11.6. The highest BCUT2D eigenvalue weighted by atomic mass is 16.4. The molecule has 1 atom stereocenters. The fraction of sp³-hybridized carbons (Fsp3) is 0.0690. The second-order valence-electron chi connectivity index (χ2n) is 8.54. The normalized spacial score (nSPS) is 12.6. The number of carboxylic acid groups (broad SMARTS) is 1. The van der Waals surface area contributed by atoms with Gasteiger partial charge in [-0.25, -0.2) is 9.97 Å². The molecule has 0 saturated heterocycles. The number of H-pyrrole nitrogens is 2. The van der Waals surface area contributed by atoms with Crippen molar-refractivity contribution in [2.75, 3.05) is 0 Å². The number of benzene rings is 1. The van der Waals surface area contributed by atoms with E-state index in [1.54, 1.807) is 0 Å². The van der Waals surface area contributed by atoms with E-state index in [0.717, 1.165) is 50.4 Å². The minimum atomic E-state index is -0.959. The molecule has 0 unspecified atom stereocenters. The number of aromatic nitrogens is 4. The topological polar surface area (TPSA) is 121 Å². The van der Waals surface area contributed by atoms with Crippen molar-refractivity contribution in [1.82, 2.24) is 19.9 Å². The zero-order valence-electron chi connectivity index (χ0n) is 19.4. The summed E-state index contributed by atoms with van der Waals surface area (Å²) in [5.74, 6) is -0.959. The van der Waals surface area contributed by atoms with Crippen molar-refractivity contribution in [1.29, 1.82) is 0 Å². The molecule has 36 heavy (non-hydrogen) atoms. The number of carbonyl (C=O) groups is 1. The van der Waals surface area contributed by atoms with E-state index in [0.29, 0.717) is 6.42 Å². The minimum absolute atomic E-state index is 0.385. The third kappa shape index (κ3) is 5.84. The first kappa shape index (κ1) is 23.0. The number of nitrogens with one attached hydrogen (secondary N) is 2. The fourth-order valence-corrected chi connectivity index (χ4v) is 3.90. The Morgan fingerprint density at radius 2 is 1.14 bits per heavy atom. The number of nitrogens with two attached hydrogens (primary N) is 1. The molecule has 5 N–H and O–H groups in total. The summed E-state index contributed by atoms with van der Waals surface area (Å²) in [5, 5.41) is 8.52. The number of carboxylic acids is 1. The predicted molar refractivity (Wildman–Crippen MR) is 145 cm³/mol. The van der Waals surface area contributed by atoms with Gasteiger partial charge in [-0.1, -0.05) is 30.3 Å². The SMILES string of the molecule is C1=Cc2cc3ccc(cc4ccc(cc5nc(cc1n2)C=C5)[nH]4)[nH]3.N[C@@H](Cc1ccccc1)C(=O)O. The second-order valence-corrected chi connectivity index (χ2v) is 8.54. The summed E-state index contributed by atoms with van der Waals surface area (Å²) in [4.78, 5) is 26.4. The maximum absolute atomic E-state index is 10.4. The van der Waals surface area contributed by atoms with Crippen LogP contribution in [-0.2, 0) is 11.2 Å². The molecule has 0 spiro atoms. The maximum Gasteiger partial charge on any atom is 0.320 e. The molecule has 0 saturated carbocycles. The average molecular weight is 476 g/mol. The van der Waals surface area contributed by atoms with Crippen LogP contribution in [0.3, 0.4) is 0 Å². The van der Waals surface area contributed by atoms with Crippen molar-refractivity contribution in [2.24, 2.45) is 5.73 Å². The molecule has 178 valence electrons. The van der Waals surface area contributed by atoms with Crippen LogP contribution in [0.25, 0.3) is 46.4 Å². The molecule has 3 aromatic heterocycles. The number of aromatic amines is 2. The molecular weight excluding hydrogens is 450 g/mol. The lowest BCUT2D eigenvalue weighted by atomic mass is 10.1. The Morgan fingerprint density at radius 1 is 0.694 bits per heavy atom. The number of hydrogen-bond acceptors (Lipinski definition) is 4. The van der Waals surface area contributed by atoms with E-state index in [9.17, 15) is 4.79 Å². The molecule has 1 aromatic carbocycles. The quantitative estimate of drug-likeness (QED) is 0.277. The van der Waals surface area contributed by atoms with E-state index in [2.05, 4.69) is 50.3 Å². The third-order valence-corrected chi connectivity index (χ3v) is 5.66. The molecule has 0 radical (unpaired) electrons. The highest BCUT2D eigenvalue weighted by Crippen LogP contribution is 2.17. The molecule has 7 nitrogen and oxygen atoms in total. The zero-order valence-corrected chi connectivity index (χ0v) is 19.4. The van der Waals surface area contributed by atoms with Crippen molar-refractivity contribution in [3.8, 4) is 0 Å². The highest BCUT2D eigenvalue weighted by molar-refractivity contribution is 5.77. The van der Waals surface area contributed by atoms with Gasteiger partial charge < -0.3 is 20.8 Å². The lowest BCUT2D eigenvalue weighted by Gasteiger charge is -2.04. The van der Waals surface area contributed by atoms with Gasteiger partial charge >= 0.3 is 5.97 Å². The van der Waals surface area contributed by atoms with Crippen LogP contribution in [0.1, 0.15) is 28.3 Å². The third-order valence-electron chi connectivity index (χ3n) is 5.66. The van der Waals surface area contributed by atoms with E-state index < -0.39 is 12.0 Å². The van der Waals surface area contributed by atoms with Crippen LogP contribution < -0.4 is 5.73 Å². The van der Waals surface area contributed by atoms with E-state index in [1.165, 1.54) is 0 Å². The Labute approximate surface area is 207 Å². The van der Waals surface area contributed by atoms with Gasteiger partial charge in [0.2, 0.25) is 0 Å². The van der Waals surface area contributed by atoms with Crippen molar-refractivity contribution in [2.45, 2.75) is 12.5 Å². The van der Waals surface area contributed by atoms with Crippen molar-refractivity contribution >= 4 is 52.3 Å². The molecule has 7 heteroatoms. The molecule has 6 rings (SSSR count). The minimum Gasteiger partial charge on any atom is -0.480 e. The highest BCUT2D eigenvalue weighted by Gasteiger charge is 2.11. The second kappa shape index (κ2) is 10.2. The van der Waals surface area contributed by atoms with E-state index in [4.69, 9.17) is 10.8 Å². The molecule has 0 amide bonds. The zero-order chi connectivity index (χ0) is 24.9. The van der Waals surface area contributed by atoms with E-state index in [-0.39, 0.29) is 0 Å². The Balaban J connectivity index is 0.000000189. The number of hydrogen-bond donors (Lipinski definition) is 4. The van der Waals surface area contributed by atoms with Gasteiger partial charge in [-0.05, 0) is 84.8 Å². The van der Waals surface area contributed by atoms with Crippen LogP contribution in [0.15, 0.2) is 78.9 Å². The summed E-state index contributed by atoms with van der Waals surface area (Å²) < 4.78 is 0. The molecule has 0 fully saturated rings. The van der Waals surface area contributed by atoms with E-state index >= 15 is 0 Å².